The Morgan fingerprint density at radius 1 is 1.37 bits per heavy atom. The number of hydrogen-bond acceptors (Lipinski definition) is 5. The highest BCUT2D eigenvalue weighted by Crippen LogP contribution is 2.25. The van der Waals surface area contributed by atoms with E-state index in [4.69, 9.17) is 4.42 Å². The molecule has 0 aromatic carbocycles. The largest absolute Gasteiger partial charge is 0.440 e. The Bertz CT molecular complexity index is 591. The van der Waals surface area contributed by atoms with Crippen molar-refractivity contribution in [3.05, 3.63) is 29.0 Å². The molecule has 2 rings (SSSR count). The summed E-state index contributed by atoms with van der Waals surface area (Å²) in [4.78, 5) is 27.7. The van der Waals surface area contributed by atoms with Crippen LogP contribution in [0.25, 0.3) is 10.8 Å². The summed E-state index contributed by atoms with van der Waals surface area (Å²) in [6.45, 7) is 1.64. The molecule has 8 heteroatoms. The van der Waals surface area contributed by atoms with Gasteiger partial charge >= 0.3 is 6.03 Å². The molecule has 100 valence electrons. The number of thiophene rings is 1. The van der Waals surface area contributed by atoms with Gasteiger partial charge in [-0.1, -0.05) is 6.07 Å². The van der Waals surface area contributed by atoms with Crippen molar-refractivity contribution < 1.29 is 14.0 Å². The molecule has 7 nitrogen and oxygen atoms in total. The molecule has 0 fully saturated rings. The topological polar surface area (TPSA) is 96.3 Å². The van der Waals surface area contributed by atoms with Crippen molar-refractivity contribution in [3.8, 4) is 10.8 Å². The summed E-state index contributed by atoms with van der Waals surface area (Å²) < 4.78 is 5.42. The molecule has 2 aromatic heterocycles. The number of hydrogen-bond donors (Lipinski definition) is 3. The van der Waals surface area contributed by atoms with Crippen LogP contribution in [0.1, 0.15) is 16.2 Å². The van der Waals surface area contributed by atoms with Gasteiger partial charge in [0.05, 0.1) is 4.88 Å². The highest BCUT2D eigenvalue weighted by atomic mass is 32.1. The number of carbonyl (C=O) groups excluding carboxylic acids is 2. The molecule has 0 aliphatic carbocycles. The number of aryl methyl sites for hydroxylation is 1. The van der Waals surface area contributed by atoms with Crippen molar-refractivity contribution >= 4 is 23.3 Å². The number of rotatable bonds is 2. The van der Waals surface area contributed by atoms with Crippen molar-refractivity contribution in [1.29, 1.82) is 0 Å². The Labute approximate surface area is 113 Å². The zero-order chi connectivity index (χ0) is 13.8. The summed E-state index contributed by atoms with van der Waals surface area (Å²) >= 11 is 1.46. The molecule has 0 aliphatic heterocycles. The lowest BCUT2D eigenvalue weighted by Crippen LogP contribution is -2.46. The maximum atomic E-state index is 11.8. The van der Waals surface area contributed by atoms with Crippen LogP contribution in [0, 0.1) is 6.92 Å². The molecule has 0 unspecified atom stereocenters. The first-order valence-corrected chi connectivity index (χ1v) is 6.29. The van der Waals surface area contributed by atoms with E-state index < -0.39 is 11.9 Å². The maximum Gasteiger partial charge on any atom is 0.333 e. The molecular weight excluding hydrogens is 268 g/mol. The van der Waals surface area contributed by atoms with Crippen LogP contribution in [0.2, 0.25) is 0 Å². The van der Waals surface area contributed by atoms with Crippen LogP contribution < -0.4 is 16.2 Å². The van der Waals surface area contributed by atoms with Crippen LogP contribution in [0.4, 0.5) is 4.79 Å². The van der Waals surface area contributed by atoms with E-state index in [1.807, 2.05) is 17.5 Å². The van der Waals surface area contributed by atoms with Crippen LogP contribution >= 0.6 is 11.3 Å². The monoisotopic (exact) mass is 280 g/mol. The predicted molar refractivity (Wildman–Crippen MR) is 69.6 cm³/mol. The molecule has 0 spiro atoms. The lowest BCUT2D eigenvalue weighted by molar-refractivity contribution is 0.0930. The molecular formula is C11H12N4O3S. The van der Waals surface area contributed by atoms with Gasteiger partial charge in [0.25, 0.3) is 5.91 Å². The summed E-state index contributed by atoms with van der Waals surface area (Å²) in [6.07, 6.45) is 0. The van der Waals surface area contributed by atoms with E-state index in [2.05, 4.69) is 21.2 Å². The Kier molecular flexibility index (Phi) is 3.81. The number of nitrogens with one attached hydrogen (secondary N) is 3. The van der Waals surface area contributed by atoms with Gasteiger partial charge in [0.2, 0.25) is 5.89 Å². The molecule has 19 heavy (non-hydrogen) atoms. The number of nitrogens with zero attached hydrogens (tertiary/aromatic N) is 1. The van der Waals surface area contributed by atoms with E-state index in [1.165, 1.54) is 18.4 Å². The molecule has 0 radical (unpaired) electrons. The van der Waals surface area contributed by atoms with E-state index in [1.54, 1.807) is 6.92 Å². The van der Waals surface area contributed by atoms with Gasteiger partial charge in [0, 0.05) is 7.05 Å². The van der Waals surface area contributed by atoms with Gasteiger partial charge < -0.3 is 9.73 Å². The Morgan fingerprint density at radius 3 is 2.79 bits per heavy atom. The molecule has 2 heterocycles. The van der Waals surface area contributed by atoms with Crippen LogP contribution in [-0.2, 0) is 0 Å². The first-order chi connectivity index (χ1) is 9.11. The van der Waals surface area contributed by atoms with Gasteiger partial charge in [-0.2, -0.15) is 0 Å². The van der Waals surface area contributed by atoms with Crippen molar-refractivity contribution in [2.45, 2.75) is 6.92 Å². The summed E-state index contributed by atoms with van der Waals surface area (Å²) in [5.41, 5.74) is 4.54. The molecule has 0 aliphatic rings. The molecule has 2 aromatic rings. The minimum atomic E-state index is -0.535. The third kappa shape index (κ3) is 2.91. The van der Waals surface area contributed by atoms with E-state index >= 15 is 0 Å². The first-order valence-electron chi connectivity index (χ1n) is 5.41. The average molecular weight is 280 g/mol. The fraction of sp³-hybridized carbons (Fsp3) is 0.182. The molecule has 0 atom stereocenters. The van der Waals surface area contributed by atoms with Crippen molar-refractivity contribution in [2.75, 3.05) is 7.05 Å². The second kappa shape index (κ2) is 5.53. The van der Waals surface area contributed by atoms with Crippen molar-refractivity contribution in [2.24, 2.45) is 0 Å². The van der Waals surface area contributed by atoms with Crippen molar-refractivity contribution in [1.82, 2.24) is 21.2 Å². The van der Waals surface area contributed by atoms with Gasteiger partial charge in [0.1, 0.15) is 5.76 Å². The zero-order valence-corrected chi connectivity index (χ0v) is 11.1. The predicted octanol–water partition coefficient (Wildman–Crippen LogP) is 1.29. The molecule has 0 saturated carbocycles. The van der Waals surface area contributed by atoms with Gasteiger partial charge in [-0.25, -0.2) is 15.2 Å². The number of aromatic nitrogens is 1. The number of carbonyl (C=O) groups is 2. The van der Waals surface area contributed by atoms with Crippen LogP contribution in [-0.4, -0.2) is 24.0 Å². The van der Waals surface area contributed by atoms with Crippen LogP contribution in [0.5, 0.6) is 0 Å². The maximum absolute atomic E-state index is 11.8. The zero-order valence-electron chi connectivity index (χ0n) is 10.3. The summed E-state index contributed by atoms with van der Waals surface area (Å²) in [7, 11) is 1.44. The highest BCUT2D eigenvalue weighted by molar-refractivity contribution is 7.13. The van der Waals surface area contributed by atoms with Gasteiger partial charge in [-0.05, 0) is 18.4 Å². The van der Waals surface area contributed by atoms with E-state index in [-0.39, 0.29) is 5.69 Å². The lowest BCUT2D eigenvalue weighted by atomic mass is 10.3. The number of urea groups is 1. The Morgan fingerprint density at radius 2 is 2.16 bits per heavy atom. The normalized spacial score (nSPS) is 10.0. The van der Waals surface area contributed by atoms with E-state index in [0.29, 0.717) is 11.7 Å². The quantitative estimate of drug-likeness (QED) is 0.722. The van der Waals surface area contributed by atoms with E-state index in [0.717, 1.165) is 4.88 Å². The summed E-state index contributed by atoms with van der Waals surface area (Å²) in [5, 5.41) is 4.20. The highest BCUT2D eigenvalue weighted by Gasteiger charge is 2.18. The molecule has 3 N–H and O–H groups in total. The van der Waals surface area contributed by atoms with Crippen LogP contribution in [0.3, 0.4) is 0 Å². The van der Waals surface area contributed by atoms with Gasteiger partial charge in [-0.15, -0.1) is 11.3 Å². The minimum absolute atomic E-state index is 0.139. The third-order valence-electron chi connectivity index (χ3n) is 2.26. The minimum Gasteiger partial charge on any atom is -0.440 e. The van der Waals surface area contributed by atoms with Crippen LogP contribution in [0.15, 0.2) is 21.9 Å². The number of oxazole rings is 1. The SMILES string of the molecule is CNC(=O)NNC(=O)c1nc(-c2cccs2)oc1C. The summed E-state index contributed by atoms with van der Waals surface area (Å²) in [5.74, 6) is 0.241. The third-order valence-corrected chi connectivity index (χ3v) is 3.12. The standard InChI is InChI=1S/C11H12N4O3S/c1-6-8(9(16)14-15-11(17)12-2)13-10(18-6)7-4-3-5-19-7/h3-5H,1-2H3,(H,14,16)(H2,12,15,17). The Hall–Kier alpha value is -2.35. The fourth-order valence-corrected chi connectivity index (χ4v) is 2.00. The lowest BCUT2D eigenvalue weighted by Gasteiger charge is -2.04. The van der Waals surface area contributed by atoms with Crippen molar-refractivity contribution in [3.63, 3.8) is 0 Å². The Balaban J connectivity index is 2.12. The molecule has 3 amide bonds. The number of amides is 3. The summed E-state index contributed by atoms with van der Waals surface area (Å²) in [6, 6.07) is 3.19. The van der Waals surface area contributed by atoms with Gasteiger partial charge in [0.15, 0.2) is 5.69 Å². The second-order valence-corrected chi connectivity index (χ2v) is 4.51. The van der Waals surface area contributed by atoms with E-state index in [9.17, 15) is 9.59 Å². The molecule has 0 saturated heterocycles. The fourth-order valence-electron chi connectivity index (χ4n) is 1.35. The molecule has 0 bridgehead atoms. The second-order valence-electron chi connectivity index (χ2n) is 3.56. The first kappa shape index (κ1) is 13.1. The number of hydrazine groups is 1. The average Bonchev–Trinajstić information content (AvgIpc) is 3.04. The van der Waals surface area contributed by atoms with Gasteiger partial charge in [-0.3, -0.25) is 10.2 Å². The smallest absolute Gasteiger partial charge is 0.333 e.